The van der Waals surface area contributed by atoms with Gasteiger partial charge in [-0.05, 0) is 100 Å². The summed E-state index contributed by atoms with van der Waals surface area (Å²) < 4.78 is 15.6. The lowest BCUT2D eigenvalue weighted by Crippen LogP contribution is -2.52. The van der Waals surface area contributed by atoms with Crippen LogP contribution in [0.2, 0.25) is 0 Å². The SMILES string of the molecule is c1cc2c(cc1O[C@H]1CN3CCC1CC3)sc1cc(O[C@H]3CN4CCC3CC4)ccc12. The van der Waals surface area contributed by atoms with E-state index in [0.717, 1.165) is 36.4 Å². The summed E-state index contributed by atoms with van der Waals surface area (Å²) in [6.45, 7) is 7.20. The Morgan fingerprint density at radius 2 is 1.10 bits per heavy atom. The third kappa shape index (κ3) is 3.33. The van der Waals surface area contributed by atoms with Gasteiger partial charge in [-0.3, -0.25) is 9.80 Å². The average molecular weight is 435 g/mol. The predicted octanol–water partition coefficient (Wildman–Crippen LogP) is 5.00. The van der Waals surface area contributed by atoms with Crippen LogP contribution in [0, 0.1) is 11.8 Å². The molecule has 3 aromatic rings. The first-order chi connectivity index (χ1) is 15.3. The lowest BCUT2D eigenvalue weighted by Gasteiger charge is -2.44. The number of ether oxygens (including phenoxy) is 2. The molecule has 6 aliphatic rings. The van der Waals surface area contributed by atoms with Crippen LogP contribution in [-0.4, -0.2) is 61.3 Å². The van der Waals surface area contributed by atoms with E-state index in [2.05, 4.69) is 46.2 Å². The summed E-state index contributed by atoms with van der Waals surface area (Å²) in [6, 6.07) is 13.3. The lowest BCUT2D eigenvalue weighted by atomic mass is 9.86. The van der Waals surface area contributed by atoms with Crippen molar-refractivity contribution in [1.29, 1.82) is 0 Å². The van der Waals surface area contributed by atoms with Gasteiger partial charge in [0.1, 0.15) is 23.7 Å². The quantitative estimate of drug-likeness (QED) is 0.577. The fraction of sp³-hybridized carbons (Fsp3) is 0.538. The first kappa shape index (κ1) is 18.7. The van der Waals surface area contributed by atoms with Gasteiger partial charge in [0.15, 0.2) is 0 Å². The van der Waals surface area contributed by atoms with Crippen molar-refractivity contribution in [3.63, 3.8) is 0 Å². The van der Waals surface area contributed by atoms with Crippen molar-refractivity contribution < 1.29 is 9.47 Å². The Bertz CT molecular complexity index is 1020. The fourth-order valence-corrected chi connectivity index (χ4v) is 7.49. The van der Waals surface area contributed by atoms with E-state index in [1.54, 1.807) is 0 Å². The number of hydrogen-bond donors (Lipinski definition) is 0. The number of hydrogen-bond acceptors (Lipinski definition) is 5. The van der Waals surface area contributed by atoms with Crippen LogP contribution in [0.15, 0.2) is 36.4 Å². The van der Waals surface area contributed by atoms with Gasteiger partial charge in [-0.25, -0.2) is 0 Å². The van der Waals surface area contributed by atoms with Crippen molar-refractivity contribution in [2.75, 3.05) is 39.3 Å². The smallest absolute Gasteiger partial charge is 0.121 e. The molecule has 2 atom stereocenters. The van der Waals surface area contributed by atoms with Gasteiger partial charge in [0.25, 0.3) is 0 Å². The molecule has 0 unspecified atom stereocenters. The normalized spacial score (nSPS) is 34.5. The third-order valence-electron chi connectivity index (χ3n) is 8.18. The number of fused-ring (bicyclic) bond motifs is 9. The zero-order valence-electron chi connectivity index (χ0n) is 18.0. The maximum Gasteiger partial charge on any atom is 0.121 e. The summed E-state index contributed by atoms with van der Waals surface area (Å²) in [5.74, 6) is 3.52. The second-order valence-corrected chi connectivity index (χ2v) is 11.1. The second-order valence-electron chi connectivity index (χ2n) is 10.0. The van der Waals surface area contributed by atoms with Gasteiger partial charge in [0, 0.05) is 33.3 Å². The molecule has 9 rings (SSSR count). The largest absolute Gasteiger partial charge is 0.489 e. The summed E-state index contributed by atoms with van der Waals surface area (Å²) in [5, 5.41) is 2.66. The molecule has 1 aromatic heterocycles. The summed E-state index contributed by atoms with van der Waals surface area (Å²) in [7, 11) is 0. The van der Waals surface area contributed by atoms with Crippen molar-refractivity contribution in [1.82, 2.24) is 9.80 Å². The maximum atomic E-state index is 6.48. The van der Waals surface area contributed by atoms with Crippen LogP contribution in [0.3, 0.4) is 0 Å². The van der Waals surface area contributed by atoms with Crippen LogP contribution in [0.1, 0.15) is 25.7 Å². The van der Waals surface area contributed by atoms with E-state index < -0.39 is 0 Å². The lowest BCUT2D eigenvalue weighted by molar-refractivity contribution is -0.00773. The minimum atomic E-state index is 0.357. The predicted molar refractivity (Wildman–Crippen MR) is 126 cm³/mol. The number of nitrogens with zero attached hydrogens (tertiary/aromatic N) is 2. The first-order valence-corrected chi connectivity index (χ1v) is 12.8. The number of thiophene rings is 1. The Balaban J connectivity index is 1.14. The van der Waals surface area contributed by atoms with Gasteiger partial charge in [0.05, 0.1) is 0 Å². The molecule has 6 fully saturated rings. The highest BCUT2D eigenvalue weighted by atomic mass is 32.1. The Morgan fingerprint density at radius 1 is 0.645 bits per heavy atom. The molecule has 6 saturated heterocycles. The van der Waals surface area contributed by atoms with Gasteiger partial charge in [-0.15, -0.1) is 11.3 Å². The standard InChI is InChI=1S/C26H30N2O2S/c1-3-21-22-4-2-20(30-24-16-28-11-7-18(24)8-12-28)14-26(22)31-25(21)13-19(1)29-23-15-27-9-5-17(23)6-10-27/h1-4,13-14,17-18,23-24H,5-12,15-16H2/t23-,24-/m0/s1. The molecule has 5 heteroatoms. The van der Waals surface area contributed by atoms with Gasteiger partial charge < -0.3 is 9.47 Å². The van der Waals surface area contributed by atoms with Gasteiger partial charge in [0.2, 0.25) is 0 Å². The van der Waals surface area contributed by atoms with E-state index in [9.17, 15) is 0 Å². The molecule has 4 bridgehead atoms. The molecular weight excluding hydrogens is 404 g/mol. The molecule has 7 heterocycles. The Kier molecular flexibility index (Phi) is 4.45. The fourth-order valence-electron chi connectivity index (χ4n) is 6.32. The summed E-state index contributed by atoms with van der Waals surface area (Å²) in [5.41, 5.74) is 0. The minimum absolute atomic E-state index is 0.357. The van der Waals surface area contributed by atoms with Crippen LogP contribution < -0.4 is 9.47 Å². The van der Waals surface area contributed by atoms with Crippen molar-refractivity contribution in [3.8, 4) is 11.5 Å². The molecule has 162 valence electrons. The maximum absolute atomic E-state index is 6.48. The Hall–Kier alpha value is -1.82. The highest BCUT2D eigenvalue weighted by Crippen LogP contribution is 2.39. The van der Waals surface area contributed by atoms with E-state index in [-0.39, 0.29) is 0 Å². The zero-order chi connectivity index (χ0) is 20.4. The molecule has 31 heavy (non-hydrogen) atoms. The molecular formula is C26H30N2O2S. The Labute approximate surface area is 187 Å². The van der Waals surface area contributed by atoms with Crippen LogP contribution in [0.4, 0.5) is 0 Å². The minimum Gasteiger partial charge on any atom is -0.489 e. The topological polar surface area (TPSA) is 24.9 Å². The van der Waals surface area contributed by atoms with Gasteiger partial charge in [-0.2, -0.15) is 0 Å². The van der Waals surface area contributed by atoms with Crippen LogP contribution in [0.5, 0.6) is 11.5 Å². The summed E-state index contributed by atoms with van der Waals surface area (Å²) in [6.07, 6.45) is 5.87. The van der Waals surface area contributed by atoms with Gasteiger partial charge in [-0.1, -0.05) is 0 Å². The molecule has 0 saturated carbocycles. The molecule has 6 aliphatic heterocycles. The molecule has 0 spiro atoms. The first-order valence-electron chi connectivity index (χ1n) is 12.0. The van der Waals surface area contributed by atoms with Crippen molar-refractivity contribution >= 4 is 31.5 Å². The monoisotopic (exact) mass is 434 g/mol. The zero-order valence-corrected chi connectivity index (χ0v) is 18.8. The van der Waals surface area contributed by atoms with Crippen LogP contribution >= 0.6 is 11.3 Å². The molecule has 0 N–H and O–H groups in total. The molecule has 4 nitrogen and oxygen atoms in total. The molecule has 2 aromatic carbocycles. The van der Waals surface area contributed by atoms with Crippen molar-refractivity contribution in [3.05, 3.63) is 36.4 Å². The van der Waals surface area contributed by atoms with E-state index in [0.29, 0.717) is 12.2 Å². The highest BCUT2D eigenvalue weighted by molar-refractivity contribution is 7.25. The second kappa shape index (κ2) is 7.36. The van der Waals surface area contributed by atoms with E-state index in [1.807, 2.05) is 11.3 Å². The van der Waals surface area contributed by atoms with Gasteiger partial charge >= 0.3 is 0 Å². The summed E-state index contributed by atoms with van der Waals surface area (Å²) in [4.78, 5) is 5.11. The van der Waals surface area contributed by atoms with E-state index in [4.69, 9.17) is 9.47 Å². The third-order valence-corrected chi connectivity index (χ3v) is 9.30. The highest BCUT2D eigenvalue weighted by Gasteiger charge is 2.36. The molecule has 0 aliphatic carbocycles. The number of rotatable bonds is 4. The Morgan fingerprint density at radius 3 is 1.48 bits per heavy atom. The molecule has 0 radical (unpaired) electrons. The number of piperidine rings is 6. The van der Waals surface area contributed by atoms with Crippen molar-refractivity contribution in [2.24, 2.45) is 11.8 Å². The summed E-state index contributed by atoms with van der Waals surface area (Å²) >= 11 is 1.86. The number of benzene rings is 2. The van der Waals surface area contributed by atoms with Crippen molar-refractivity contribution in [2.45, 2.75) is 37.9 Å². The van der Waals surface area contributed by atoms with Crippen LogP contribution in [-0.2, 0) is 0 Å². The van der Waals surface area contributed by atoms with E-state index in [1.165, 1.54) is 72.0 Å². The molecule has 0 amide bonds. The average Bonchev–Trinajstić information content (AvgIpc) is 3.17. The van der Waals surface area contributed by atoms with Crippen LogP contribution in [0.25, 0.3) is 20.2 Å². The van der Waals surface area contributed by atoms with E-state index >= 15 is 0 Å².